The van der Waals surface area contributed by atoms with E-state index in [0.717, 1.165) is 0 Å². The van der Waals surface area contributed by atoms with Gasteiger partial charge in [-0.3, -0.25) is 4.79 Å². The summed E-state index contributed by atoms with van der Waals surface area (Å²) in [6, 6.07) is -1.97. The predicted molar refractivity (Wildman–Crippen MR) is 29.3 cm³/mol. The van der Waals surface area contributed by atoms with Crippen LogP contribution in [0.3, 0.4) is 0 Å². The van der Waals surface area contributed by atoms with Gasteiger partial charge in [0, 0.05) is 5.48 Å². The van der Waals surface area contributed by atoms with Crippen LogP contribution in [0.5, 0.6) is 0 Å². The molecule has 0 aromatic rings. The Kier molecular flexibility index (Phi) is 1.19. The van der Waals surface area contributed by atoms with Crippen LogP contribution in [0.25, 0.3) is 0 Å². The molecule has 0 heterocycles. The molecule has 0 saturated heterocycles. The normalized spacial score (nSPS) is 24.2. The third-order valence-corrected chi connectivity index (χ3v) is 0.505. The molecule has 1 unspecified atom stereocenters. The number of aliphatic carboxylic acids is 1. The minimum Gasteiger partial charge on any atom is -0.480 e. The van der Waals surface area contributed by atoms with Crippen molar-refractivity contribution in [3.63, 3.8) is 0 Å². The second kappa shape index (κ2) is 3.40. The summed E-state index contributed by atoms with van der Waals surface area (Å²) in [7, 11) is 0. The highest BCUT2D eigenvalue weighted by atomic mass is 16.4. The third kappa shape index (κ3) is 2.54. The molecule has 0 radical (unpaired) electrons. The van der Waals surface area contributed by atoms with Gasteiger partial charge in [0.15, 0.2) is 0 Å². The summed E-state index contributed by atoms with van der Waals surface area (Å²) in [5, 5.41) is 8.29. The smallest absolute Gasteiger partial charge is 0.320 e. The fourth-order valence-electron chi connectivity index (χ4n) is 0.152. The maximum atomic E-state index is 10.2. The molecule has 5 N–H and O–H groups in total. The largest absolute Gasteiger partial charge is 0.480 e. The molecule has 0 fully saturated rings. The van der Waals surface area contributed by atoms with Gasteiger partial charge in [-0.15, -0.1) is 0 Å². The Hall–Kier alpha value is -0.610. The van der Waals surface area contributed by atoms with E-state index in [4.69, 9.17) is 22.1 Å². The zero-order valence-electron chi connectivity index (χ0n) is 8.09. The highest BCUT2D eigenvalue weighted by Crippen LogP contribution is 1.82. The predicted octanol–water partition coefficient (Wildman–Crippen LogP) is -1.25. The van der Waals surface area contributed by atoms with E-state index in [0.29, 0.717) is 0 Å². The Morgan fingerprint density at radius 1 is 2.00 bits per heavy atom. The first-order valence-electron chi connectivity index (χ1n) is 3.88. The van der Waals surface area contributed by atoms with Gasteiger partial charge in [0.25, 0.3) is 0 Å². The van der Waals surface area contributed by atoms with E-state index >= 15 is 0 Å². The van der Waals surface area contributed by atoms with Crippen molar-refractivity contribution < 1.29 is 15.4 Å². The van der Waals surface area contributed by atoms with E-state index in [-0.39, 0.29) is 0 Å². The van der Waals surface area contributed by atoms with E-state index in [1.165, 1.54) is 0 Å². The molecule has 1 atom stereocenters. The molecule has 0 bridgehead atoms. The van der Waals surface area contributed by atoms with Crippen molar-refractivity contribution in [2.45, 2.75) is 12.4 Å². The lowest BCUT2D eigenvalue weighted by Crippen LogP contribution is -2.32. The molecule has 0 spiro atoms. The van der Waals surface area contributed by atoms with Gasteiger partial charge in [-0.25, -0.2) is 0 Å². The molecule has 0 aliphatic rings. The lowest BCUT2D eigenvalue weighted by atomic mass is 10.2. The molecule has 0 aromatic heterocycles. The highest BCUT2D eigenvalue weighted by Gasteiger charge is 2.07. The van der Waals surface area contributed by atoms with Crippen LogP contribution in [0.15, 0.2) is 0 Å². The van der Waals surface area contributed by atoms with Crippen molar-refractivity contribution >= 4 is 5.97 Å². The van der Waals surface area contributed by atoms with Crippen LogP contribution in [0, 0.1) is 0 Å². The molecule has 0 aliphatic carbocycles. The zero-order chi connectivity index (χ0) is 10.2. The van der Waals surface area contributed by atoms with Gasteiger partial charge in [-0.2, -0.15) is 0 Å². The van der Waals surface area contributed by atoms with Gasteiger partial charge in [0.05, 0.1) is 0 Å². The van der Waals surface area contributed by atoms with Crippen LogP contribution >= 0.6 is 0 Å². The van der Waals surface area contributed by atoms with Crippen molar-refractivity contribution in [3.05, 3.63) is 0 Å². The van der Waals surface area contributed by atoms with Gasteiger partial charge in [-0.05, 0) is 12.9 Å². The van der Waals surface area contributed by atoms with Gasteiger partial charge >= 0.3 is 5.97 Å². The number of nitrogens with two attached hydrogens (primary N) is 2. The molecule has 0 rings (SSSR count). The second-order valence-electron chi connectivity index (χ2n) is 1.10. The average molecular weight is 122 g/mol. The van der Waals surface area contributed by atoms with E-state index in [1.807, 2.05) is 0 Å². The number of hydrogen-bond donors (Lipinski definition) is 3. The fraction of sp³-hybridized carbons (Fsp3) is 0.750. The highest BCUT2D eigenvalue weighted by molar-refractivity contribution is 5.72. The van der Waals surface area contributed by atoms with Crippen molar-refractivity contribution in [2.75, 3.05) is 6.50 Å². The summed E-state index contributed by atoms with van der Waals surface area (Å²) in [6.45, 7) is -2.77. The molecule has 0 aromatic carbocycles. The SMILES string of the molecule is [2H]C([2H])(N)C([2H])([2H])C(N)C(=O)O. The summed E-state index contributed by atoms with van der Waals surface area (Å²) in [6.07, 6.45) is -2.79. The van der Waals surface area contributed by atoms with Crippen molar-refractivity contribution in [1.82, 2.24) is 0 Å². The van der Waals surface area contributed by atoms with Gasteiger partial charge in [0.2, 0.25) is 0 Å². The Balaban J connectivity index is 4.73. The van der Waals surface area contributed by atoms with Crippen molar-refractivity contribution in [2.24, 2.45) is 11.5 Å². The average Bonchev–Trinajstić information content (AvgIpc) is 1.83. The first-order chi connectivity index (χ1) is 5.10. The standard InChI is InChI=1S/C4H10N2O2/c5-2-1-3(6)4(7)8/h3H,1-2,5-6H2,(H,7,8)/i1D2,2D2. The van der Waals surface area contributed by atoms with E-state index in [1.54, 1.807) is 0 Å². The second-order valence-corrected chi connectivity index (χ2v) is 1.10. The number of carboxylic acids is 1. The van der Waals surface area contributed by atoms with E-state index in [9.17, 15) is 4.79 Å². The van der Waals surface area contributed by atoms with Crippen LogP contribution in [0.2, 0.25) is 0 Å². The number of rotatable bonds is 3. The maximum Gasteiger partial charge on any atom is 0.320 e. The number of hydrogen-bond acceptors (Lipinski definition) is 3. The maximum absolute atomic E-state index is 10.2. The van der Waals surface area contributed by atoms with Crippen LogP contribution < -0.4 is 11.5 Å². The third-order valence-electron chi connectivity index (χ3n) is 0.505. The van der Waals surface area contributed by atoms with Crippen LogP contribution in [-0.4, -0.2) is 23.6 Å². The van der Waals surface area contributed by atoms with Crippen molar-refractivity contribution in [1.29, 1.82) is 0 Å². The van der Waals surface area contributed by atoms with E-state index < -0.39 is 24.9 Å². The monoisotopic (exact) mass is 122 g/mol. The van der Waals surface area contributed by atoms with Gasteiger partial charge < -0.3 is 16.6 Å². The quantitative estimate of drug-likeness (QED) is 0.436. The first-order valence-corrected chi connectivity index (χ1v) is 1.88. The molecular formula is C4H10N2O2. The van der Waals surface area contributed by atoms with Gasteiger partial charge in [0.1, 0.15) is 6.04 Å². The van der Waals surface area contributed by atoms with Gasteiger partial charge in [-0.1, -0.05) is 0 Å². The van der Waals surface area contributed by atoms with Crippen LogP contribution in [0.4, 0.5) is 0 Å². The molecule has 0 aliphatic heterocycles. The molecule has 0 amide bonds. The first kappa shape index (κ1) is 2.80. The molecule has 48 valence electrons. The summed E-state index contributed by atoms with van der Waals surface area (Å²) in [5.74, 6) is -1.63. The number of carboxylic acid groups (broad SMARTS) is 1. The number of carbonyl (C=O) groups is 1. The van der Waals surface area contributed by atoms with Crippen LogP contribution in [-0.2, 0) is 4.79 Å². The summed E-state index contributed by atoms with van der Waals surface area (Å²) in [5.41, 5.74) is 9.65. The van der Waals surface area contributed by atoms with Crippen LogP contribution in [0.1, 0.15) is 11.9 Å². The summed E-state index contributed by atoms with van der Waals surface area (Å²) < 4.78 is 27.5. The minimum absolute atomic E-state index is 1.63. The summed E-state index contributed by atoms with van der Waals surface area (Å²) >= 11 is 0. The Bertz CT molecular complexity index is 190. The molecule has 4 heteroatoms. The Morgan fingerprint density at radius 3 is 2.62 bits per heavy atom. The zero-order valence-corrected chi connectivity index (χ0v) is 4.09. The lowest BCUT2D eigenvalue weighted by molar-refractivity contribution is -0.138. The molecular weight excluding hydrogens is 108 g/mol. The fourth-order valence-corrected chi connectivity index (χ4v) is 0.152. The lowest BCUT2D eigenvalue weighted by Gasteiger charge is -2.00. The van der Waals surface area contributed by atoms with E-state index in [2.05, 4.69) is 0 Å². The molecule has 8 heavy (non-hydrogen) atoms. The summed E-state index contributed by atoms with van der Waals surface area (Å²) in [4.78, 5) is 10.2. The molecule has 0 saturated carbocycles. The Morgan fingerprint density at radius 2 is 2.50 bits per heavy atom. The Labute approximate surface area is 53.1 Å². The minimum atomic E-state index is -2.79. The molecule has 4 nitrogen and oxygen atoms in total. The topological polar surface area (TPSA) is 89.3 Å². The van der Waals surface area contributed by atoms with Crippen molar-refractivity contribution in [3.8, 4) is 0 Å².